The largest absolute Gasteiger partial charge is 0.545 e. The van der Waals surface area contributed by atoms with Gasteiger partial charge in [-0.1, -0.05) is 5.21 Å². The van der Waals surface area contributed by atoms with Crippen molar-refractivity contribution in [3.8, 4) is 5.75 Å². The lowest BCUT2D eigenvalue weighted by molar-refractivity contribution is -0.870. The van der Waals surface area contributed by atoms with Crippen LogP contribution in [0.3, 0.4) is 0 Å². The number of fused-ring (bicyclic) bond motifs is 1. The van der Waals surface area contributed by atoms with E-state index in [1.807, 2.05) is 4.90 Å². The molecule has 1 N–H and O–H groups in total. The highest BCUT2D eigenvalue weighted by atomic mass is 19.1. The second-order valence-electron chi connectivity index (χ2n) is 10.4. The molecule has 1 atom stereocenters. The van der Waals surface area contributed by atoms with Gasteiger partial charge in [0.15, 0.2) is 17.0 Å². The molecule has 2 aliphatic rings. The van der Waals surface area contributed by atoms with Crippen LogP contribution in [0.1, 0.15) is 41.7 Å². The Morgan fingerprint density at radius 2 is 2.00 bits per heavy atom. The van der Waals surface area contributed by atoms with Gasteiger partial charge in [0, 0.05) is 31.5 Å². The molecule has 2 fully saturated rings. The number of nitrogens with zero attached hydrogens (tertiary/aromatic N) is 6. The highest BCUT2D eigenvalue weighted by Crippen LogP contribution is 2.44. The molecule has 1 aromatic carbocycles. The van der Waals surface area contributed by atoms with Crippen molar-refractivity contribution in [2.75, 3.05) is 59.4 Å². The summed E-state index contributed by atoms with van der Waals surface area (Å²) in [5.74, 6) is -1.97. The Morgan fingerprint density at radius 1 is 1.27 bits per heavy atom. The van der Waals surface area contributed by atoms with E-state index in [0.29, 0.717) is 18.6 Å². The summed E-state index contributed by atoms with van der Waals surface area (Å²) in [4.78, 5) is 26.1. The van der Waals surface area contributed by atoms with Gasteiger partial charge in [-0.3, -0.25) is 4.79 Å². The molecule has 0 amide bonds. The molecule has 3 heterocycles. The summed E-state index contributed by atoms with van der Waals surface area (Å²) in [6, 6.07) is 1.20. The molecule has 200 valence electrons. The lowest BCUT2D eigenvalue weighted by Gasteiger charge is -2.25. The number of carboxylic acid groups (broad SMARTS) is 1. The van der Waals surface area contributed by atoms with Crippen LogP contribution < -0.4 is 20.2 Å². The van der Waals surface area contributed by atoms with Gasteiger partial charge in [-0.25, -0.2) is 9.07 Å². The van der Waals surface area contributed by atoms with E-state index in [1.165, 1.54) is 13.3 Å². The molecule has 3 aromatic rings. The third kappa shape index (κ3) is 5.59. The predicted molar refractivity (Wildman–Crippen MR) is 133 cm³/mol. The second kappa shape index (κ2) is 10.5. The lowest BCUT2D eigenvalue weighted by Crippen LogP contribution is -2.36. The van der Waals surface area contributed by atoms with Crippen LogP contribution in [0.4, 0.5) is 10.1 Å². The number of carboxylic acids is 1. The lowest BCUT2D eigenvalue weighted by atomic mass is 10.1. The van der Waals surface area contributed by atoms with Crippen LogP contribution in [-0.2, 0) is 0 Å². The van der Waals surface area contributed by atoms with E-state index in [1.54, 1.807) is 21.6 Å². The van der Waals surface area contributed by atoms with Gasteiger partial charge in [0.25, 0.3) is 0 Å². The summed E-state index contributed by atoms with van der Waals surface area (Å²) in [7, 11) is 7.58. The van der Waals surface area contributed by atoms with Gasteiger partial charge in [0.2, 0.25) is 0 Å². The minimum Gasteiger partial charge on any atom is -0.545 e. The molecule has 37 heavy (non-hydrogen) atoms. The first-order valence-corrected chi connectivity index (χ1v) is 12.2. The smallest absolute Gasteiger partial charge is 0.198 e. The molecule has 1 aliphatic heterocycles. The summed E-state index contributed by atoms with van der Waals surface area (Å²) in [5, 5.41) is 27.7. The van der Waals surface area contributed by atoms with Gasteiger partial charge >= 0.3 is 0 Å². The minimum absolute atomic E-state index is 0.0197. The van der Waals surface area contributed by atoms with Crippen molar-refractivity contribution in [2.45, 2.75) is 31.3 Å². The number of benzene rings is 1. The number of likely N-dealkylation sites (N-methyl/N-ethyl adjacent to an activating group) is 1. The van der Waals surface area contributed by atoms with E-state index in [0.717, 1.165) is 36.4 Å². The number of pyridine rings is 1. The number of hydrogen-bond donors (Lipinski definition) is 1. The number of hydrogen-bond acceptors (Lipinski definition) is 8. The van der Waals surface area contributed by atoms with Crippen molar-refractivity contribution in [1.82, 2.24) is 19.6 Å². The Morgan fingerprint density at radius 3 is 2.51 bits per heavy atom. The Balaban J connectivity index is 0.000000405. The summed E-state index contributed by atoms with van der Waals surface area (Å²) in [6.45, 7) is 2.20. The molecule has 1 saturated carbocycles. The van der Waals surface area contributed by atoms with Crippen LogP contribution in [0.5, 0.6) is 5.75 Å². The molecule has 2 aromatic heterocycles. The molecule has 1 unspecified atom stereocenters. The molecule has 12 heteroatoms. The van der Waals surface area contributed by atoms with Gasteiger partial charge in [0.05, 0.1) is 69.5 Å². The fourth-order valence-corrected chi connectivity index (χ4v) is 4.59. The van der Waals surface area contributed by atoms with Crippen LogP contribution in [0, 0.1) is 5.82 Å². The van der Waals surface area contributed by atoms with E-state index in [4.69, 9.17) is 9.84 Å². The Labute approximate surface area is 213 Å². The molecule has 5 rings (SSSR count). The quantitative estimate of drug-likeness (QED) is 0.452. The van der Waals surface area contributed by atoms with Crippen molar-refractivity contribution in [2.24, 2.45) is 0 Å². The fourth-order valence-electron chi connectivity index (χ4n) is 4.59. The maximum absolute atomic E-state index is 15.3. The second-order valence-corrected chi connectivity index (χ2v) is 10.4. The van der Waals surface area contributed by atoms with Crippen LogP contribution >= 0.6 is 0 Å². The number of aliphatic hydroxyl groups excluding tert-OH is 1. The number of carbonyl (C=O) groups is 1. The Hall–Kier alpha value is -3.51. The first-order chi connectivity index (χ1) is 17.6. The van der Waals surface area contributed by atoms with Gasteiger partial charge in [0.1, 0.15) is 12.2 Å². The van der Waals surface area contributed by atoms with Crippen LogP contribution in [0.2, 0.25) is 0 Å². The zero-order valence-electron chi connectivity index (χ0n) is 21.6. The Kier molecular flexibility index (Phi) is 7.51. The van der Waals surface area contributed by atoms with Crippen LogP contribution in [0.25, 0.3) is 10.9 Å². The number of anilines is 1. The maximum atomic E-state index is 15.3. The SMILES string of the molecule is COc1c(N2CCC(n3ccnn3)C2)c(F)cc2c(=O)c(C(=O)[O-])cn(C3CC3)c12.C[N+](C)(C)CCO. The molecule has 1 aliphatic carbocycles. The summed E-state index contributed by atoms with van der Waals surface area (Å²) in [6.07, 6.45) is 7.11. The predicted octanol–water partition coefficient (Wildman–Crippen LogP) is 0.575. The number of halogens is 1. The van der Waals surface area contributed by atoms with Gasteiger partial charge in [-0.05, 0) is 25.3 Å². The molecule has 0 spiro atoms. The molecule has 0 bridgehead atoms. The van der Waals surface area contributed by atoms with Gasteiger partial charge in [-0.15, -0.1) is 5.10 Å². The van der Waals surface area contributed by atoms with E-state index in [9.17, 15) is 14.7 Å². The molecular weight excluding hydrogens is 483 g/mol. The first-order valence-electron chi connectivity index (χ1n) is 12.2. The average molecular weight is 517 g/mol. The number of methoxy groups -OCH3 is 1. The van der Waals surface area contributed by atoms with E-state index in [2.05, 4.69) is 31.5 Å². The number of aromatic nitrogens is 4. The highest BCUT2D eigenvalue weighted by molar-refractivity contribution is 5.96. The van der Waals surface area contributed by atoms with Gasteiger partial charge < -0.3 is 33.7 Å². The first kappa shape index (κ1) is 26.6. The van der Waals surface area contributed by atoms with E-state index < -0.39 is 22.8 Å². The zero-order valence-corrected chi connectivity index (χ0v) is 21.6. The number of aliphatic hydroxyl groups is 1. The van der Waals surface area contributed by atoms with Crippen molar-refractivity contribution < 1.29 is 28.6 Å². The Bertz CT molecular complexity index is 1330. The number of rotatable bonds is 7. The normalized spacial score (nSPS) is 17.6. The number of ether oxygens (including phenoxy) is 1. The van der Waals surface area contributed by atoms with Crippen molar-refractivity contribution >= 4 is 22.6 Å². The monoisotopic (exact) mass is 516 g/mol. The van der Waals surface area contributed by atoms with Crippen molar-refractivity contribution in [1.29, 1.82) is 0 Å². The number of carbonyl (C=O) groups excluding carboxylic acids is 1. The van der Waals surface area contributed by atoms with Crippen molar-refractivity contribution in [3.63, 3.8) is 0 Å². The molecule has 1 saturated heterocycles. The van der Waals surface area contributed by atoms with E-state index >= 15 is 4.39 Å². The third-order valence-corrected chi connectivity index (χ3v) is 6.63. The number of quaternary nitrogens is 1. The molecular formula is C25H33FN6O5. The van der Waals surface area contributed by atoms with E-state index in [-0.39, 0.29) is 35.5 Å². The fraction of sp³-hybridized carbons (Fsp3) is 0.520. The van der Waals surface area contributed by atoms with Gasteiger partial charge in [-0.2, -0.15) is 0 Å². The summed E-state index contributed by atoms with van der Waals surface area (Å²) >= 11 is 0. The van der Waals surface area contributed by atoms with Crippen molar-refractivity contribution in [3.05, 3.63) is 46.3 Å². The van der Waals surface area contributed by atoms with Crippen LogP contribution in [-0.4, -0.2) is 89.6 Å². The average Bonchev–Trinajstić information content (AvgIpc) is 3.30. The summed E-state index contributed by atoms with van der Waals surface area (Å²) in [5.41, 5.74) is -0.568. The maximum Gasteiger partial charge on any atom is 0.198 e. The molecule has 0 radical (unpaired) electrons. The topological polar surface area (TPSA) is 126 Å². The number of aromatic carboxylic acids is 1. The zero-order chi connectivity index (χ0) is 26.9. The summed E-state index contributed by atoms with van der Waals surface area (Å²) < 4.78 is 25.2. The standard InChI is InChI=1S/C20H20FN5O4.C5H14NO/c1-30-19-16-13(18(27)14(20(28)29)10-25(16)11-2-3-11)8-15(21)17(19)24-6-4-12(9-24)26-7-5-22-23-26;1-6(2,3)4-5-7/h5,7-8,10-12H,2-4,6,9H2,1H3,(H,28,29);7H,4-5H2,1-3H3/q;+1/p-1. The molecule has 11 nitrogen and oxygen atoms in total. The third-order valence-electron chi connectivity index (χ3n) is 6.63. The van der Waals surface area contributed by atoms with Crippen LogP contribution in [0.15, 0.2) is 29.5 Å². The minimum atomic E-state index is -1.57. The highest BCUT2D eigenvalue weighted by Gasteiger charge is 2.33.